The van der Waals surface area contributed by atoms with E-state index in [2.05, 4.69) is 4.74 Å². The summed E-state index contributed by atoms with van der Waals surface area (Å²) in [6, 6.07) is 4.82. The summed E-state index contributed by atoms with van der Waals surface area (Å²) < 4.78 is 34.2. The molecule has 5 heteroatoms. The monoisotopic (exact) mass is 258 g/mol. The maximum Gasteiger partial charge on any atom is 0.387 e. The maximum atomic E-state index is 12.4. The van der Waals surface area contributed by atoms with Crippen molar-refractivity contribution in [2.75, 3.05) is 7.11 Å². The minimum atomic E-state index is -2.93. The van der Waals surface area contributed by atoms with E-state index in [1.54, 1.807) is 32.1 Å². The molecule has 0 aliphatic rings. The van der Waals surface area contributed by atoms with Crippen molar-refractivity contribution >= 4 is 6.08 Å². The number of aliphatic hydroxyl groups excluding tert-OH is 1. The second-order valence-corrected chi connectivity index (χ2v) is 3.82. The molecule has 18 heavy (non-hydrogen) atoms. The third-order valence-electron chi connectivity index (χ3n) is 2.48. The number of rotatable bonds is 5. The van der Waals surface area contributed by atoms with Gasteiger partial charge < -0.3 is 14.6 Å². The second-order valence-electron chi connectivity index (χ2n) is 3.82. The first kappa shape index (κ1) is 14.4. The van der Waals surface area contributed by atoms with Crippen LogP contribution in [0.25, 0.3) is 6.08 Å². The van der Waals surface area contributed by atoms with Gasteiger partial charge in [-0.2, -0.15) is 8.78 Å². The van der Waals surface area contributed by atoms with Crippen molar-refractivity contribution in [3.05, 3.63) is 29.3 Å². The van der Waals surface area contributed by atoms with E-state index in [0.717, 1.165) is 0 Å². The van der Waals surface area contributed by atoms with Gasteiger partial charge in [-0.05, 0) is 31.6 Å². The molecule has 0 heterocycles. The van der Waals surface area contributed by atoms with Crippen molar-refractivity contribution in [3.63, 3.8) is 0 Å². The van der Waals surface area contributed by atoms with Crippen LogP contribution in [0.4, 0.5) is 8.78 Å². The van der Waals surface area contributed by atoms with Gasteiger partial charge in [0.15, 0.2) is 11.5 Å². The third kappa shape index (κ3) is 3.70. The molecule has 0 saturated heterocycles. The maximum absolute atomic E-state index is 12.4. The Morgan fingerprint density at radius 1 is 1.39 bits per heavy atom. The highest BCUT2D eigenvalue weighted by molar-refractivity contribution is 5.64. The van der Waals surface area contributed by atoms with Crippen LogP contribution >= 0.6 is 0 Å². The van der Waals surface area contributed by atoms with Gasteiger partial charge in [-0.25, -0.2) is 0 Å². The average molecular weight is 258 g/mol. The van der Waals surface area contributed by atoms with Gasteiger partial charge >= 0.3 is 6.61 Å². The lowest BCUT2D eigenvalue weighted by Gasteiger charge is -2.13. The molecule has 1 unspecified atom stereocenters. The van der Waals surface area contributed by atoms with E-state index in [9.17, 15) is 13.9 Å². The fourth-order valence-corrected chi connectivity index (χ4v) is 1.39. The number of hydrogen-bond donors (Lipinski definition) is 1. The fourth-order valence-electron chi connectivity index (χ4n) is 1.39. The molecule has 0 spiro atoms. The van der Waals surface area contributed by atoms with E-state index in [1.165, 1.54) is 13.2 Å². The Morgan fingerprint density at radius 2 is 2.06 bits per heavy atom. The number of alkyl halides is 2. The number of methoxy groups -OCH3 is 1. The Kier molecular flexibility index (Phi) is 5.09. The smallest absolute Gasteiger partial charge is 0.387 e. The summed E-state index contributed by atoms with van der Waals surface area (Å²) in [6.07, 6.45) is 0.931. The van der Waals surface area contributed by atoms with Crippen LogP contribution in [0.2, 0.25) is 0 Å². The standard InChI is InChI=1S/C13H16F2O3/c1-8(9(2)16)7-10-5-4-6-11(17-3)12(10)18-13(14)15/h4-7,9,13,16H,1-3H3/b8-7-. The average Bonchev–Trinajstić information content (AvgIpc) is 2.30. The molecular weight excluding hydrogens is 242 g/mol. The Bertz CT molecular complexity index is 428. The van der Waals surface area contributed by atoms with E-state index in [-0.39, 0.29) is 11.5 Å². The van der Waals surface area contributed by atoms with Gasteiger partial charge in [0.25, 0.3) is 0 Å². The van der Waals surface area contributed by atoms with Crippen LogP contribution in [0.5, 0.6) is 11.5 Å². The quantitative estimate of drug-likeness (QED) is 0.882. The van der Waals surface area contributed by atoms with Crippen molar-refractivity contribution in [2.24, 2.45) is 0 Å². The second kappa shape index (κ2) is 6.35. The third-order valence-corrected chi connectivity index (χ3v) is 2.48. The van der Waals surface area contributed by atoms with Gasteiger partial charge in [-0.3, -0.25) is 0 Å². The van der Waals surface area contributed by atoms with Gasteiger partial charge in [0.05, 0.1) is 13.2 Å². The number of halogens is 2. The number of para-hydroxylation sites is 1. The summed E-state index contributed by atoms with van der Waals surface area (Å²) in [4.78, 5) is 0. The first-order chi connectivity index (χ1) is 8.45. The van der Waals surface area contributed by atoms with Gasteiger partial charge in [-0.1, -0.05) is 12.1 Å². The van der Waals surface area contributed by atoms with Crippen LogP contribution in [0.15, 0.2) is 23.8 Å². The number of aliphatic hydroxyl groups is 1. The molecule has 0 aliphatic heterocycles. The lowest BCUT2D eigenvalue weighted by Crippen LogP contribution is -2.06. The van der Waals surface area contributed by atoms with Gasteiger partial charge in [-0.15, -0.1) is 0 Å². The van der Waals surface area contributed by atoms with Crippen molar-refractivity contribution in [1.82, 2.24) is 0 Å². The Labute approximate surface area is 105 Å². The normalized spacial score (nSPS) is 13.6. The van der Waals surface area contributed by atoms with E-state index in [4.69, 9.17) is 4.74 Å². The Balaban J connectivity index is 3.21. The van der Waals surface area contributed by atoms with E-state index < -0.39 is 12.7 Å². The van der Waals surface area contributed by atoms with Crippen molar-refractivity contribution < 1.29 is 23.4 Å². The zero-order chi connectivity index (χ0) is 13.7. The summed E-state index contributed by atoms with van der Waals surface area (Å²) in [6.45, 7) is 0.371. The number of ether oxygens (including phenoxy) is 2. The molecular formula is C13H16F2O3. The molecule has 3 nitrogen and oxygen atoms in total. The molecule has 1 aromatic carbocycles. The Morgan fingerprint density at radius 3 is 2.56 bits per heavy atom. The van der Waals surface area contributed by atoms with Gasteiger partial charge in [0.1, 0.15) is 0 Å². The molecule has 1 rings (SSSR count). The zero-order valence-electron chi connectivity index (χ0n) is 10.5. The van der Waals surface area contributed by atoms with Crippen molar-refractivity contribution in [3.8, 4) is 11.5 Å². The molecule has 0 saturated carbocycles. The molecule has 0 aromatic heterocycles. The lowest BCUT2D eigenvalue weighted by atomic mass is 10.1. The van der Waals surface area contributed by atoms with Gasteiger partial charge in [0, 0.05) is 5.56 Å². The van der Waals surface area contributed by atoms with E-state index in [0.29, 0.717) is 11.1 Å². The number of benzene rings is 1. The lowest BCUT2D eigenvalue weighted by molar-refractivity contribution is -0.0513. The first-order valence-corrected chi connectivity index (χ1v) is 5.43. The highest BCUT2D eigenvalue weighted by atomic mass is 19.3. The topological polar surface area (TPSA) is 38.7 Å². The van der Waals surface area contributed by atoms with Crippen LogP contribution in [-0.4, -0.2) is 24.9 Å². The summed E-state index contributed by atoms with van der Waals surface area (Å²) in [5.41, 5.74) is 1.08. The predicted molar refractivity (Wildman–Crippen MR) is 65.0 cm³/mol. The molecule has 100 valence electrons. The van der Waals surface area contributed by atoms with Gasteiger partial charge in [0.2, 0.25) is 0 Å². The Hall–Kier alpha value is -1.62. The molecule has 1 atom stereocenters. The highest BCUT2D eigenvalue weighted by Crippen LogP contribution is 2.34. The predicted octanol–water partition coefficient (Wildman–Crippen LogP) is 3.08. The molecule has 0 aliphatic carbocycles. The largest absolute Gasteiger partial charge is 0.493 e. The minimum Gasteiger partial charge on any atom is -0.493 e. The van der Waals surface area contributed by atoms with Crippen LogP contribution in [0.1, 0.15) is 19.4 Å². The van der Waals surface area contributed by atoms with Crippen LogP contribution in [-0.2, 0) is 0 Å². The summed E-state index contributed by atoms with van der Waals surface area (Å²) in [5, 5.41) is 9.39. The molecule has 0 amide bonds. The summed E-state index contributed by atoms with van der Waals surface area (Å²) in [5.74, 6) is 0.192. The van der Waals surface area contributed by atoms with Crippen LogP contribution in [0.3, 0.4) is 0 Å². The molecule has 1 aromatic rings. The molecule has 0 bridgehead atoms. The van der Waals surface area contributed by atoms with Crippen LogP contribution < -0.4 is 9.47 Å². The molecule has 1 N–H and O–H groups in total. The summed E-state index contributed by atoms with van der Waals surface area (Å²) >= 11 is 0. The molecule has 0 fully saturated rings. The zero-order valence-corrected chi connectivity index (χ0v) is 10.5. The van der Waals surface area contributed by atoms with Crippen molar-refractivity contribution in [1.29, 1.82) is 0 Å². The summed E-state index contributed by atoms with van der Waals surface area (Å²) in [7, 11) is 1.38. The fraction of sp³-hybridized carbons (Fsp3) is 0.385. The van der Waals surface area contributed by atoms with E-state index in [1.807, 2.05) is 0 Å². The number of hydrogen-bond acceptors (Lipinski definition) is 3. The van der Waals surface area contributed by atoms with Crippen LogP contribution in [0, 0.1) is 0 Å². The SMILES string of the molecule is COc1cccc(/C=C(/C)C(C)O)c1OC(F)F. The first-order valence-electron chi connectivity index (χ1n) is 5.43. The highest BCUT2D eigenvalue weighted by Gasteiger charge is 2.14. The minimum absolute atomic E-state index is 0.0324. The molecule has 0 radical (unpaired) electrons. The van der Waals surface area contributed by atoms with Crippen molar-refractivity contribution in [2.45, 2.75) is 26.6 Å². The van der Waals surface area contributed by atoms with E-state index >= 15 is 0 Å².